The second kappa shape index (κ2) is 6.91. The van der Waals surface area contributed by atoms with Gasteiger partial charge in [-0.05, 0) is 41.4 Å². The van der Waals surface area contributed by atoms with Crippen molar-refractivity contribution in [3.8, 4) is 0 Å². The number of benzene rings is 1. The van der Waals surface area contributed by atoms with Crippen LogP contribution in [0.1, 0.15) is 21.3 Å². The molecule has 0 saturated carbocycles. The minimum absolute atomic E-state index is 0.121. The molecule has 0 unspecified atom stereocenters. The van der Waals surface area contributed by atoms with E-state index in [9.17, 15) is 23.1 Å². The Bertz CT molecular complexity index is 827. The van der Waals surface area contributed by atoms with Crippen molar-refractivity contribution in [1.29, 1.82) is 0 Å². The highest BCUT2D eigenvalue weighted by atomic mass is 79.9. The molecule has 4 nitrogen and oxygen atoms in total. The number of thiocarbonyl (C=S) groups is 1. The minimum atomic E-state index is -5.12. The number of hydrogen-bond acceptors (Lipinski definition) is 4. The van der Waals surface area contributed by atoms with E-state index < -0.39 is 29.6 Å². The van der Waals surface area contributed by atoms with E-state index in [1.54, 1.807) is 35.7 Å². The largest absolute Gasteiger partial charge is 0.437 e. The van der Waals surface area contributed by atoms with Crippen LogP contribution in [0.25, 0.3) is 0 Å². The average molecular weight is 465 g/mol. The summed E-state index contributed by atoms with van der Waals surface area (Å²) in [6.45, 7) is 0. The maximum absolute atomic E-state index is 13.7. The van der Waals surface area contributed by atoms with Crippen molar-refractivity contribution in [3.63, 3.8) is 0 Å². The Morgan fingerprint density at radius 1 is 1.27 bits per heavy atom. The first-order chi connectivity index (χ1) is 12.1. The number of halogens is 4. The van der Waals surface area contributed by atoms with E-state index in [2.05, 4.69) is 21.2 Å². The summed E-state index contributed by atoms with van der Waals surface area (Å²) in [6.07, 6.45) is -5.12. The van der Waals surface area contributed by atoms with Gasteiger partial charge in [-0.25, -0.2) is 0 Å². The maximum Gasteiger partial charge on any atom is 0.437 e. The molecule has 0 amide bonds. The first kappa shape index (κ1) is 19.3. The normalized spacial score (nSPS) is 26.1. The maximum atomic E-state index is 13.7. The van der Waals surface area contributed by atoms with Crippen LogP contribution in [0.2, 0.25) is 0 Å². The van der Waals surface area contributed by atoms with E-state index in [4.69, 9.17) is 12.2 Å². The monoisotopic (exact) mass is 464 g/mol. The van der Waals surface area contributed by atoms with Crippen molar-refractivity contribution >= 4 is 50.4 Å². The summed E-state index contributed by atoms with van der Waals surface area (Å²) in [7, 11) is 0. The lowest BCUT2D eigenvalue weighted by atomic mass is 9.79. The molecule has 2 heterocycles. The zero-order chi connectivity index (χ0) is 19.1. The van der Waals surface area contributed by atoms with Crippen LogP contribution in [0.15, 0.2) is 46.3 Å². The molecule has 1 saturated heterocycles. The van der Waals surface area contributed by atoms with Gasteiger partial charge in [0.25, 0.3) is 0 Å². The van der Waals surface area contributed by atoms with Crippen LogP contribution in [0.3, 0.4) is 0 Å². The van der Waals surface area contributed by atoms with E-state index >= 15 is 0 Å². The zero-order valence-electron chi connectivity index (χ0n) is 12.9. The highest BCUT2D eigenvalue weighted by molar-refractivity contribution is 9.10. The van der Waals surface area contributed by atoms with E-state index in [1.807, 2.05) is 5.32 Å². The fourth-order valence-electron chi connectivity index (χ4n) is 2.86. The fraction of sp³-hybridized carbons (Fsp3) is 0.250. The fourth-order valence-corrected chi connectivity index (χ4v) is 4.11. The molecule has 26 heavy (non-hydrogen) atoms. The van der Waals surface area contributed by atoms with Gasteiger partial charge < -0.3 is 15.7 Å². The topological polar surface area (TPSA) is 61.4 Å². The van der Waals surface area contributed by atoms with Gasteiger partial charge in [-0.3, -0.25) is 4.79 Å². The smallest absolute Gasteiger partial charge is 0.363 e. The molecule has 0 radical (unpaired) electrons. The highest BCUT2D eigenvalue weighted by Gasteiger charge is 2.65. The second-order valence-electron chi connectivity index (χ2n) is 5.71. The minimum Gasteiger partial charge on any atom is -0.363 e. The lowest BCUT2D eigenvalue weighted by Gasteiger charge is -2.46. The molecule has 1 aromatic carbocycles. The van der Waals surface area contributed by atoms with E-state index in [1.165, 1.54) is 6.07 Å². The number of hydrogen-bond donors (Lipinski definition) is 3. The highest BCUT2D eigenvalue weighted by Crippen LogP contribution is 2.44. The summed E-state index contributed by atoms with van der Waals surface area (Å²) in [5.41, 5.74) is -3.09. The Hall–Kier alpha value is -1.49. The quantitative estimate of drug-likeness (QED) is 0.476. The van der Waals surface area contributed by atoms with Gasteiger partial charge in [0.1, 0.15) is 5.92 Å². The van der Waals surface area contributed by atoms with Gasteiger partial charge >= 0.3 is 6.18 Å². The van der Waals surface area contributed by atoms with Crippen LogP contribution in [-0.2, 0) is 0 Å². The molecule has 0 bridgehead atoms. The molecular formula is C16H12BrF3N2O2S2. The molecular weight excluding hydrogens is 453 g/mol. The number of thiophene rings is 1. The van der Waals surface area contributed by atoms with Crippen molar-refractivity contribution in [3.05, 3.63) is 56.7 Å². The van der Waals surface area contributed by atoms with Crippen LogP contribution < -0.4 is 10.6 Å². The summed E-state index contributed by atoms with van der Waals surface area (Å²) < 4.78 is 42.0. The summed E-state index contributed by atoms with van der Waals surface area (Å²) >= 11 is 9.14. The number of rotatable bonds is 3. The molecule has 1 aromatic heterocycles. The lowest BCUT2D eigenvalue weighted by molar-refractivity contribution is -0.285. The molecule has 138 valence electrons. The van der Waals surface area contributed by atoms with Crippen LogP contribution in [0, 0.1) is 5.92 Å². The van der Waals surface area contributed by atoms with Crippen molar-refractivity contribution in [2.75, 3.05) is 0 Å². The zero-order valence-corrected chi connectivity index (χ0v) is 16.1. The molecule has 1 aliphatic heterocycles. The van der Waals surface area contributed by atoms with E-state index in [0.717, 1.165) is 15.8 Å². The second-order valence-corrected chi connectivity index (χ2v) is 7.98. The number of alkyl halides is 3. The van der Waals surface area contributed by atoms with Gasteiger partial charge in [0.2, 0.25) is 5.72 Å². The van der Waals surface area contributed by atoms with Gasteiger partial charge in [-0.1, -0.05) is 34.1 Å². The molecule has 10 heteroatoms. The molecule has 0 aliphatic carbocycles. The standard InChI is InChI=1S/C16H12BrF3N2O2S2/c17-9-5-3-8(4-6-9)12-11(13(23)10-2-1-7-26-10)15(24,16(18,19)20)22-14(25)21-12/h1-7,11-12,24H,(H2,21,22,25)/t11-,12+,15-/m1/s1. The summed E-state index contributed by atoms with van der Waals surface area (Å²) in [5, 5.41) is 16.3. The Kier molecular flexibility index (Phi) is 5.13. The number of aliphatic hydroxyl groups is 1. The number of carbonyl (C=O) groups is 1. The third-order valence-corrected chi connectivity index (χ3v) is 5.71. The summed E-state index contributed by atoms with van der Waals surface area (Å²) in [6, 6.07) is 8.26. The van der Waals surface area contributed by atoms with Gasteiger partial charge in [-0.2, -0.15) is 13.2 Å². The average Bonchev–Trinajstić information content (AvgIpc) is 3.08. The van der Waals surface area contributed by atoms with Gasteiger partial charge in [-0.15, -0.1) is 11.3 Å². The Balaban J connectivity index is 2.14. The Labute approximate surface area is 164 Å². The van der Waals surface area contributed by atoms with E-state index in [0.29, 0.717) is 5.56 Å². The molecule has 3 atom stereocenters. The summed E-state index contributed by atoms with van der Waals surface area (Å²) in [5.74, 6) is -2.69. The lowest BCUT2D eigenvalue weighted by Crippen LogP contribution is -2.72. The predicted octanol–water partition coefficient (Wildman–Crippen LogP) is 3.78. The number of ketones is 1. The predicted molar refractivity (Wildman–Crippen MR) is 98.9 cm³/mol. The van der Waals surface area contributed by atoms with Crippen LogP contribution >= 0.6 is 39.5 Å². The van der Waals surface area contributed by atoms with Gasteiger partial charge in [0.15, 0.2) is 10.9 Å². The van der Waals surface area contributed by atoms with Gasteiger partial charge in [0.05, 0.1) is 10.9 Å². The van der Waals surface area contributed by atoms with Crippen molar-refractivity contribution < 1.29 is 23.1 Å². The number of carbonyl (C=O) groups excluding carboxylic acids is 1. The van der Waals surface area contributed by atoms with Gasteiger partial charge in [0, 0.05) is 4.47 Å². The van der Waals surface area contributed by atoms with Crippen molar-refractivity contribution in [1.82, 2.24) is 10.6 Å². The summed E-state index contributed by atoms with van der Waals surface area (Å²) in [4.78, 5) is 13.0. The first-order valence-electron chi connectivity index (χ1n) is 7.34. The molecule has 1 aliphatic rings. The SMILES string of the molecule is O=C(c1cccs1)[C@H]1[C@H](c2ccc(Br)cc2)NC(=S)N[C@]1(O)C(F)(F)F. The number of nitrogens with one attached hydrogen (secondary N) is 2. The first-order valence-corrected chi connectivity index (χ1v) is 9.42. The molecule has 2 aromatic rings. The third kappa shape index (κ3) is 3.38. The van der Waals surface area contributed by atoms with Crippen LogP contribution in [0.4, 0.5) is 13.2 Å². The van der Waals surface area contributed by atoms with Crippen LogP contribution in [-0.4, -0.2) is 27.9 Å². The third-order valence-electron chi connectivity index (χ3n) is 4.08. The Morgan fingerprint density at radius 3 is 2.46 bits per heavy atom. The molecule has 3 rings (SSSR count). The molecule has 0 spiro atoms. The Morgan fingerprint density at radius 2 is 1.92 bits per heavy atom. The van der Waals surface area contributed by atoms with Crippen molar-refractivity contribution in [2.24, 2.45) is 5.92 Å². The van der Waals surface area contributed by atoms with Crippen molar-refractivity contribution in [2.45, 2.75) is 17.9 Å². The van der Waals surface area contributed by atoms with Crippen LogP contribution in [0.5, 0.6) is 0 Å². The number of Topliss-reactive ketones (excluding diaryl/α,β-unsaturated/α-hetero) is 1. The van der Waals surface area contributed by atoms with E-state index in [-0.39, 0.29) is 9.99 Å². The molecule has 1 fully saturated rings. The molecule has 3 N–H and O–H groups in total.